The minimum absolute atomic E-state index is 0.129. The van der Waals surface area contributed by atoms with Gasteiger partial charge < -0.3 is 13.9 Å². The molecule has 2 atom stereocenters. The lowest BCUT2D eigenvalue weighted by molar-refractivity contribution is -0.0810. The predicted octanol–water partition coefficient (Wildman–Crippen LogP) is 5.16. The van der Waals surface area contributed by atoms with Gasteiger partial charge in [0, 0.05) is 17.5 Å². The van der Waals surface area contributed by atoms with Crippen LogP contribution in [0, 0.1) is 5.41 Å². The fourth-order valence-electron chi connectivity index (χ4n) is 3.77. The smallest absolute Gasteiger partial charge is 0.192 e. The highest BCUT2D eigenvalue weighted by molar-refractivity contribution is 6.74. The number of fused-ring (bicyclic) bond motifs is 2. The van der Waals surface area contributed by atoms with Crippen molar-refractivity contribution in [2.24, 2.45) is 5.41 Å². The molecule has 1 aromatic rings. The summed E-state index contributed by atoms with van der Waals surface area (Å²) in [5.41, 5.74) is 2.54. The topological polar surface area (TPSA) is 42.6 Å². The van der Waals surface area contributed by atoms with Crippen molar-refractivity contribution in [1.29, 1.82) is 0 Å². The van der Waals surface area contributed by atoms with E-state index in [-0.39, 0.29) is 16.6 Å². The van der Waals surface area contributed by atoms with Gasteiger partial charge in [-0.25, -0.2) is 0 Å². The molecule has 0 unspecified atom stereocenters. The van der Waals surface area contributed by atoms with E-state index in [1.807, 2.05) is 0 Å². The van der Waals surface area contributed by atoms with Crippen molar-refractivity contribution in [3.8, 4) is 0 Å². The van der Waals surface area contributed by atoms with Crippen molar-refractivity contribution in [2.75, 3.05) is 0 Å². The highest BCUT2D eigenvalue weighted by Crippen LogP contribution is 2.51. The molecule has 1 fully saturated rings. The number of hydrogen-bond donors (Lipinski definition) is 1. The van der Waals surface area contributed by atoms with E-state index in [2.05, 4.69) is 53.8 Å². The average Bonchev–Trinajstić information content (AvgIpc) is 2.81. The highest BCUT2D eigenvalue weighted by Gasteiger charge is 2.53. The van der Waals surface area contributed by atoms with Crippen LogP contribution in [-0.4, -0.2) is 25.1 Å². The van der Waals surface area contributed by atoms with Crippen LogP contribution in [0.1, 0.15) is 58.6 Å². The van der Waals surface area contributed by atoms with E-state index in [0.717, 1.165) is 29.5 Å². The van der Waals surface area contributed by atoms with Crippen LogP contribution >= 0.6 is 0 Å². The summed E-state index contributed by atoms with van der Waals surface area (Å²) in [5.74, 6) is 0. The largest absolute Gasteiger partial charge is 0.472 e. The van der Waals surface area contributed by atoms with Crippen molar-refractivity contribution in [1.82, 2.24) is 0 Å². The number of rotatable bonds is 2. The Hall–Kier alpha value is -0.843. The molecule has 0 spiro atoms. The second-order valence-electron chi connectivity index (χ2n) is 10.0. The Morgan fingerprint density at radius 2 is 1.88 bits per heavy atom. The van der Waals surface area contributed by atoms with E-state index in [1.54, 1.807) is 12.5 Å². The maximum Gasteiger partial charge on any atom is 0.192 e. The zero-order chi connectivity index (χ0) is 18.0. The monoisotopic (exact) mass is 348 g/mol. The van der Waals surface area contributed by atoms with Crippen LogP contribution in [0.5, 0.6) is 0 Å². The first kappa shape index (κ1) is 18.0. The van der Waals surface area contributed by atoms with Crippen LogP contribution in [0.4, 0.5) is 0 Å². The van der Waals surface area contributed by atoms with E-state index in [1.165, 1.54) is 0 Å². The first-order valence-corrected chi connectivity index (χ1v) is 11.9. The third-order valence-electron chi connectivity index (χ3n) is 6.30. The van der Waals surface area contributed by atoms with Crippen molar-refractivity contribution >= 4 is 14.4 Å². The van der Waals surface area contributed by atoms with Crippen LogP contribution in [0.25, 0.3) is 6.08 Å². The van der Waals surface area contributed by atoms with Gasteiger partial charge >= 0.3 is 0 Å². The van der Waals surface area contributed by atoms with Gasteiger partial charge in [-0.15, -0.1) is 0 Å². The summed E-state index contributed by atoms with van der Waals surface area (Å²) < 4.78 is 12.1. The number of aliphatic hydroxyl groups is 1. The van der Waals surface area contributed by atoms with Gasteiger partial charge in [0.25, 0.3) is 0 Å². The maximum absolute atomic E-state index is 11.7. The maximum atomic E-state index is 11.7. The lowest BCUT2D eigenvalue weighted by atomic mass is 9.63. The molecule has 1 N–H and O–H groups in total. The molecule has 0 aromatic carbocycles. The van der Waals surface area contributed by atoms with Crippen LogP contribution in [0.2, 0.25) is 18.1 Å². The standard InChI is InChI=1S/C20H32O3Si/c1-18(2,3)24(6,7)23-17-11-19(4,5)10-16-8-14-12-22-13-15(14)9-20(16,17)21/h8,12-13,17,21H,9-11H2,1-7H3/t17-,20+/m0/s1. The molecule has 2 aliphatic rings. The Bertz CT molecular complexity index is 663. The van der Waals surface area contributed by atoms with Gasteiger partial charge in [-0.2, -0.15) is 0 Å². The molecule has 134 valence electrons. The summed E-state index contributed by atoms with van der Waals surface area (Å²) in [6.07, 6.45) is 7.92. The fraction of sp³-hybridized carbons (Fsp3) is 0.700. The molecule has 0 amide bonds. The summed E-state index contributed by atoms with van der Waals surface area (Å²) >= 11 is 0. The predicted molar refractivity (Wildman–Crippen MR) is 100 cm³/mol. The molecular weight excluding hydrogens is 316 g/mol. The number of furan rings is 1. The molecule has 1 saturated carbocycles. The molecule has 1 aromatic heterocycles. The summed E-state index contributed by atoms with van der Waals surface area (Å²) in [6.45, 7) is 15.9. The van der Waals surface area contributed by atoms with E-state index >= 15 is 0 Å². The van der Waals surface area contributed by atoms with Crippen molar-refractivity contribution in [3.63, 3.8) is 0 Å². The van der Waals surface area contributed by atoms with Gasteiger partial charge in [0.2, 0.25) is 0 Å². The molecule has 3 nitrogen and oxygen atoms in total. The van der Waals surface area contributed by atoms with Gasteiger partial charge in [0.1, 0.15) is 5.60 Å². The molecule has 1 heterocycles. The first-order chi connectivity index (χ1) is 10.8. The fourth-order valence-corrected chi connectivity index (χ4v) is 5.12. The van der Waals surface area contributed by atoms with Gasteiger partial charge in [-0.3, -0.25) is 0 Å². The second kappa shape index (κ2) is 5.32. The molecule has 4 heteroatoms. The van der Waals surface area contributed by atoms with Gasteiger partial charge in [-0.05, 0) is 48.0 Å². The minimum atomic E-state index is -1.96. The summed E-state index contributed by atoms with van der Waals surface area (Å²) in [4.78, 5) is 0. The van der Waals surface area contributed by atoms with Crippen molar-refractivity contribution < 1.29 is 13.9 Å². The second-order valence-corrected chi connectivity index (χ2v) is 14.8. The zero-order valence-electron chi connectivity index (χ0n) is 16.2. The van der Waals surface area contributed by atoms with Gasteiger partial charge in [0.05, 0.1) is 18.6 Å². The molecule has 3 rings (SSSR count). The zero-order valence-corrected chi connectivity index (χ0v) is 17.2. The lowest BCUT2D eigenvalue weighted by Crippen LogP contribution is -2.58. The van der Waals surface area contributed by atoms with Crippen LogP contribution < -0.4 is 0 Å². The number of hydrogen-bond acceptors (Lipinski definition) is 3. The van der Waals surface area contributed by atoms with E-state index < -0.39 is 13.9 Å². The third-order valence-corrected chi connectivity index (χ3v) is 10.8. The molecule has 24 heavy (non-hydrogen) atoms. The molecule has 0 saturated heterocycles. The van der Waals surface area contributed by atoms with Gasteiger partial charge in [0.15, 0.2) is 8.32 Å². The summed E-state index contributed by atoms with van der Waals surface area (Å²) in [7, 11) is -1.96. The van der Waals surface area contributed by atoms with E-state index in [0.29, 0.717) is 6.42 Å². The molecule has 0 bridgehead atoms. The Morgan fingerprint density at radius 3 is 2.50 bits per heavy atom. The average molecular weight is 349 g/mol. The molecule has 0 aliphatic heterocycles. The lowest BCUT2D eigenvalue weighted by Gasteiger charge is -2.52. The SMILES string of the molecule is CC1(C)CC2=Cc3cocc3C[C@]2(O)[C@@H](O[Si](C)(C)C(C)(C)C)C1. The third kappa shape index (κ3) is 2.93. The Kier molecular flexibility index (Phi) is 3.99. The summed E-state index contributed by atoms with van der Waals surface area (Å²) in [6, 6.07) is 0. The van der Waals surface area contributed by atoms with Crippen molar-refractivity contribution in [2.45, 2.75) is 83.7 Å². The normalized spacial score (nSPS) is 29.7. The van der Waals surface area contributed by atoms with Gasteiger partial charge in [-0.1, -0.05) is 34.6 Å². The highest BCUT2D eigenvalue weighted by atomic mass is 28.4. The molecular formula is C20H32O3Si. The molecule has 0 radical (unpaired) electrons. The van der Waals surface area contributed by atoms with Crippen molar-refractivity contribution in [3.05, 3.63) is 29.2 Å². The minimum Gasteiger partial charge on any atom is -0.472 e. The van der Waals surface area contributed by atoms with E-state index in [9.17, 15) is 5.11 Å². The quantitative estimate of drug-likeness (QED) is 0.751. The first-order valence-electron chi connectivity index (χ1n) is 9.00. The Labute approximate surface area is 147 Å². The molecule has 2 aliphatic carbocycles. The Morgan fingerprint density at radius 1 is 1.21 bits per heavy atom. The summed E-state index contributed by atoms with van der Waals surface area (Å²) in [5, 5.41) is 11.8. The van der Waals surface area contributed by atoms with Crippen LogP contribution in [-0.2, 0) is 10.8 Å². The Balaban J connectivity index is 2.00. The van der Waals surface area contributed by atoms with Crippen LogP contribution in [0.15, 0.2) is 22.5 Å². The van der Waals surface area contributed by atoms with E-state index in [4.69, 9.17) is 8.84 Å². The van der Waals surface area contributed by atoms with Crippen LogP contribution in [0.3, 0.4) is 0 Å².